The van der Waals surface area contributed by atoms with Gasteiger partial charge in [-0.05, 0) is 28.8 Å². The van der Waals surface area contributed by atoms with Gasteiger partial charge in [-0.1, -0.05) is 40.2 Å². The third-order valence-corrected chi connectivity index (χ3v) is 3.39. The maximum atomic E-state index is 10.6. The Bertz CT molecular complexity index is 581. The minimum Gasteiger partial charge on any atom is -0.481 e. The number of nitrogen functional groups attached to an aromatic ring is 1. The van der Waals surface area contributed by atoms with Crippen LogP contribution in [0.25, 0.3) is 10.8 Å². The molecule has 3 N–H and O–H groups in total. The molecule has 0 unspecified atom stereocenters. The van der Waals surface area contributed by atoms with Crippen molar-refractivity contribution in [1.82, 2.24) is 0 Å². The summed E-state index contributed by atoms with van der Waals surface area (Å²) in [5.41, 5.74) is 7.50. The van der Waals surface area contributed by atoms with Gasteiger partial charge < -0.3 is 10.8 Å². The zero-order chi connectivity index (χ0) is 12.4. The second-order valence-electron chi connectivity index (χ2n) is 3.87. The molecule has 0 aliphatic rings. The minimum absolute atomic E-state index is 0.0931. The molecule has 0 atom stereocenters. The van der Waals surface area contributed by atoms with Crippen LogP contribution in [-0.4, -0.2) is 11.1 Å². The highest BCUT2D eigenvalue weighted by Gasteiger charge is 2.10. The lowest BCUT2D eigenvalue weighted by Crippen LogP contribution is -2.01. The summed E-state index contributed by atoms with van der Waals surface area (Å²) in [6, 6.07) is 9.67. The number of halogens is 1. The normalized spacial score (nSPS) is 10.6. The van der Waals surface area contributed by atoms with Crippen LogP contribution in [-0.2, 0) is 11.2 Å². The van der Waals surface area contributed by atoms with Gasteiger partial charge in [-0.25, -0.2) is 0 Å². The Labute approximate surface area is 107 Å². The summed E-state index contributed by atoms with van der Waals surface area (Å²) in [5.74, 6) is -0.809. The van der Waals surface area contributed by atoms with E-state index < -0.39 is 5.97 Å². The molecule has 0 saturated carbocycles. The van der Waals surface area contributed by atoms with Gasteiger partial charge in [0.2, 0.25) is 0 Å². The Morgan fingerprint density at radius 3 is 2.59 bits per heavy atom. The van der Waals surface area contributed by atoms with Gasteiger partial charge in [0.25, 0.3) is 0 Å². The number of rotatable bonds is 3. The van der Waals surface area contributed by atoms with Crippen LogP contribution in [0, 0.1) is 0 Å². The summed E-state index contributed by atoms with van der Waals surface area (Å²) >= 11 is 3.47. The van der Waals surface area contributed by atoms with Crippen molar-refractivity contribution in [2.24, 2.45) is 0 Å². The first-order valence-corrected chi connectivity index (χ1v) is 6.06. The fourth-order valence-corrected chi connectivity index (χ4v) is 2.51. The van der Waals surface area contributed by atoms with Crippen molar-refractivity contribution in [1.29, 1.82) is 0 Å². The van der Waals surface area contributed by atoms with E-state index in [-0.39, 0.29) is 6.42 Å². The van der Waals surface area contributed by atoms with Crippen molar-refractivity contribution in [2.45, 2.75) is 12.8 Å². The van der Waals surface area contributed by atoms with Crippen molar-refractivity contribution < 1.29 is 9.90 Å². The van der Waals surface area contributed by atoms with Crippen molar-refractivity contribution in [2.75, 3.05) is 5.73 Å². The van der Waals surface area contributed by atoms with Crippen LogP contribution in [0.15, 0.2) is 34.8 Å². The highest BCUT2D eigenvalue weighted by atomic mass is 79.9. The molecule has 0 heterocycles. The van der Waals surface area contributed by atoms with Crippen molar-refractivity contribution in [3.05, 3.63) is 40.4 Å². The first kappa shape index (κ1) is 11.9. The van der Waals surface area contributed by atoms with E-state index in [1.165, 1.54) is 0 Å². The Kier molecular flexibility index (Phi) is 3.33. The number of benzene rings is 2. The molecule has 0 radical (unpaired) electrons. The quantitative estimate of drug-likeness (QED) is 0.854. The first-order chi connectivity index (χ1) is 8.09. The van der Waals surface area contributed by atoms with E-state index in [0.717, 1.165) is 20.8 Å². The van der Waals surface area contributed by atoms with Crippen LogP contribution >= 0.6 is 15.9 Å². The number of carbonyl (C=O) groups is 1. The number of aliphatic carboxylic acids is 1. The average molecular weight is 294 g/mol. The molecular weight excluding hydrogens is 282 g/mol. The van der Waals surface area contributed by atoms with Gasteiger partial charge in [0.1, 0.15) is 0 Å². The maximum absolute atomic E-state index is 10.6. The van der Waals surface area contributed by atoms with Crippen LogP contribution < -0.4 is 5.73 Å². The summed E-state index contributed by atoms with van der Waals surface area (Å²) in [6.45, 7) is 0. The van der Waals surface area contributed by atoms with E-state index in [1.54, 1.807) is 0 Å². The van der Waals surface area contributed by atoms with Gasteiger partial charge in [0.05, 0.1) is 0 Å². The van der Waals surface area contributed by atoms with Gasteiger partial charge in [-0.3, -0.25) is 4.79 Å². The highest BCUT2D eigenvalue weighted by Crippen LogP contribution is 2.32. The average Bonchev–Trinajstić information content (AvgIpc) is 2.28. The van der Waals surface area contributed by atoms with Crippen LogP contribution in [0.4, 0.5) is 5.69 Å². The molecule has 0 saturated heterocycles. The van der Waals surface area contributed by atoms with E-state index >= 15 is 0 Å². The van der Waals surface area contributed by atoms with Crippen LogP contribution in [0.2, 0.25) is 0 Å². The Balaban J connectivity index is 2.57. The molecule has 0 aromatic heterocycles. The molecule has 2 aromatic carbocycles. The SMILES string of the molecule is Nc1cc(Br)c2ccccc2c1CCC(=O)O. The Hall–Kier alpha value is -1.55. The standard InChI is InChI=1S/C13H12BrNO2/c14-11-7-12(15)10(5-6-13(16)17)8-3-1-2-4-9(8)11/h1-4,7H,5-6,15H2,(H,16,17). The fraction of sp³-hybridized carbons (Fsp3) is 0.154. The molecule has 0 bridgehead atoms. The Morgan fingerprint density at radius 1 is 1.29 bits per heavy atom. The molecule has 0 fully saturated rings. The third kappa shape index (κ3) is 2.42. The highest BCUT2D eigenvalue weighted by molar-refractivity contribution is 9.10. The molecule has 88 valence electrons. The predicted molar refractivity (Wildman–Crippen MR) is 72.0 cm³/mol. The van der Waals surface area contributed by atoms with Crippen LogP contribution in [0.3, 0.4) is 0 Å². The summed E-state index contributed by atoms with van der Waals surface area (Å²) in [6.07, 6.45) is 0.546. The van der Waals surface area contributed by atoms with Gasteiger partial charge in [0.15, 0.2) is 0 Å². The number of fused-ring (bicyclic) bond motifs is 1. The zero-order valence-corrected chi connectivity index (χ0v) is 10.7. The number of nitrogens with two attached hydrogens (primary N) is 1. The number of hydrogen-bond donors (Lipinski definition) is 2. The topological polar surface area (TPSA) is 63.3 Å². The second-order valence-corrected chi connectivity index (χ2v) is 4.72. The van der Waals surface area contributed by atoms with E-state index in [9.17, 15) is 4.79 Å². The van der Waals surface area contributed by atoms with Gasteiger partial charge in [-0.15, -0.1) is 0 Å². The Morgan fingerprint density at radius 2 is 1.94 bits per heavy atom. The fourth-order valence-electron chi connectivity index (χ4n) is 1.92. The lowest BCUT2D eigenvalue weighted by molar-refractivity contribution is -0.136. The molecule has 0 spiro atoms. The minimum atomic E-state index is -0.809. The van der Waals surface area contributed by atoms with Gasteiger partial charge in [0, 0.05) is 16.6 Å². The number of hydrogen-bond acceptors (Lipinski definition) is 2. The molecule has 0 aliphatic carbocycles. The molecule has 4 heteroatoms. The zero-order valence-electron chi connectivity index (χ0n) is 9.11. The molecule has 0 aliphatic heterocycles. The number of aryl methyl sites for hydroxylation is 1. The first-order valence-electron chi connectivity index (χ1n) is 5.27. The van der Waals surface area contributed by atoms with E-state index in [1.807, 2.05) is 30.3 Å². The van der Waals surface area contributed by atoms with Crippen LogP contribution in [0.5, 0.6) is 0 Å². The summed E-state index contributed by atoms with van der Waals surface area (Å²) in [7, 11) is 0. The summed E-state index contributed by atoms with van der Waals surface area (Å²) < 4.78 is 0.935. The summed E-state index contributed by atoms with van der Waals surface area (Å²) in [5, 5.41) is 10.8. The molecular formula is C13H12BrNO2. The monoisotopic (exact) mass is 293 g/mol. The van der Waals surface area contributed by atoms with E-state index in [0.29, 0.717) is 12.1 Å². The smallest absolute Gasteiger partial charge is 0.303 e. The number of carboxylic acids is 1. The van der Waals surface area contributed by atoms with Crippen molar-refractivity contribution in [3.8, 4) is 0 Å². The number of anilines is 1. The third-order valence-electron chi connectivity index (χ3n) is 2.73. The van der Waals surface area contributed by atoms with Gasteiger partial charge in [-0.2, -0.15) is 0 Å². The second kappa shape index (κ2) is 4.75. The molecule has 0 amide bonds. The molecule has 2 aromatic rings. The van der Waals surface area contributed by atoms with E-state index in [4.69, 9.17) is 10.8 Å². The lowest BCUT2D eigenvalue weighted by atomic mass is 9.99. The number of carboxylic acid groups (broad SMARTS) is 1. The maximum Gasteiger partial charge on any atom is 0.303 e. The predicted octanol–water partition coefficient (Wildman–Crippen LogP) is 3.20. The summed E-state index contributed by atoms with van der Waals surface area (Å²) in [4.78, 5) is 10.6. The lowest BCUT2D eigenvalue weighted by Gasteiger charge is -2.10. The largest absolute Gasteiger partial charge is 0.481 e. The van der Waals surface area contributed by atoms with Gasteiger partial charge >= 0.3 is 5.97 Å². The van der Waals surface area contributed by atoms with Crippen molar-refractivity contribution >= 4 is 38.4 Å². The van der Waals surface area contributed by atoms with Crippen molar-refractivity contribution in [3.63, 3.8) is 0 Å². The van der Waals surface area contributed by atoms with Crippen LogP contribution in [0.1, 0.15) is 12.0 Å². The molecule has 2 rings (SSSR count). The molecule has 3 nitrogen and oxygen atoms in total. The van der Waals surface area contributed by atoms with E-state index in [2.05, 4.69) is 15.9 Å². The molecule has 17 heavy (non-hydrogen) atoms.